The van der Waals surface area contributed by atoms with Crippen LogP contribution in [0.25, 0.3) is 66.4 Å². The van der Waals surface area contributed by atoms with Crippen molar-refractivity contribution in [3.05, 3.63) is 169 Å². The topological polar surface area (TPSA) is 0 Å². The molecule has 204 valence electrons. The van der Waals surface area contributed by atoms with Crippen molar-refractivity contribution in [3.63, 3.8) is 0 Å². The lowest BCUT2D eigenvalue weighted by molar-refractivity contribution is 0.660. The first kappa shape index (κ1) is 25.5. The van der Waals surface area contributed by atoms with E-state index in [1.165, 1.54) is 77.5 Å². The third kappa shape index (κ3) is 4.39. The minimum absolute atomic E-state index is 0.0137. The summed E-state index contributed by atoms with van der Waals surface area (Å²) in [6.45, 7) is 4.68. The van der Waals surface area contributed by atoms with E-state index in [-0.39, 0.29) is 5.41 Å². The van der Waals surface area contributed by atoms with Crippen LogP contribution >= 0.6 is 0 Å². The molecule has 43 heavy (non-hydrogen) atoms. The molecule has 1 aliphatic rings. The van der Waals surface area contributed by atoms with Crippen molar-refractivity contribution in [3.8, 4) is 55.6 Å². The highest BCUT2D eigenvalue weighted by molar-refractivity contribution is 5.91. The fourth-order valence-electron chi connectivity index (χ4n) is 6.83. The van der Waals surface area contributed by atoms with Gasteiger partial charge in [-0.05, 0) is 95.7 Å². The van der Waals surface area contributed by atoms with E-state index in [1.54, 1.807) is 0 Å². The van der Waals surface area contributed by atoms with Crippen molar-refractivity contribution in [2.45, 2.75) is 19.3 Å². The van der Waals surface area contributed by atoms with Gasteiger partial charge in [-0.1, -0.05) is 153 Å². The average Bonchev–Trinajstić information content (AvgIpc) is 3.30. The van der Waals surface area contributed by atoms with Crippen LogP contribution in [-0.2, 0) is 5.41 Å². The molecule has 7 aromatic carbocycles. The molecule has 0 fully saturated rings. The Hall–Kier alpha value is -5.20. The Bertz CT molecular complexity index is 2110. The van der Waals surface area contributed by atoms with Gasteiger partial charge < -0.3 is 0 Å². The second-order valence-corrected chi connectivity index (χ2v) is 12.2. The van der Waals surface area contributed by atoms with Gasteiger partial charge in [-0.25, -0.2) is 0 Å². The van der Waals surface area contributed by atoms with Gasteiger partial charge in [0, 0.05) is 5.41 Å². The van der Waals surface area contributed by atoms with E-state index in [1.807, 2.05) is 0 Å². The van der Waals surface area contributed by atoms with Crippen LogP contribution in [0, 0.1) is 0 Å². The molecule has 0 radical (unpaired) electrons. The van der Waals surface area contributed by atoms with E-state index in [9.17, 15) is 0 Å². The van der Waals surface area contributed by atoms with E-state index in [0.717, 1.165) is 0 Å². The molecular formula is C43H32. The van der Waals surface area contributed by atoms with Crippen LogP contribution in [0.4, 0.5) is 0 Å². The summed E-state index contributed by atoms with van der Waals surface area (Å²) in [6, 6.07) is 57.8. The Morgan fingerprint density at radius 3 is 1.28 bits per heavy atom. The fraction of sp³-hybridized carbons (Fsp3) is 0.0698. The van der Waals surface area contributed by atoms with Gasteiger partial charge in [-0.3, -0.25) is 0 Å². The molecule has 0 bridgehead atoms. The quantitative estimate of drug-likeness (QED) is 0.205. The monoisotopic (exact) mass is 548 g/mol. The zero-order valence-electron chi connectivity index (χ0n) is 24.5. The fourth-order valence-corrected chi connectivity index (χ4v) is 6.83. The van der Waals surface area contributed by atoms with Crippen molar-refractivity contribution in [2.75, 3.05) is 0 Å². The summed E-state index contributed by atoms with van der Waals surface area (Å²) in [7, 11) is 0. The SMILES string of the molecule is CC1(C)c2ccccc2-c2ccc(-c3ccc(-c4ccc(-c5ccc6cc(-c7ccccc7)ccc6c5)cc4)cc3)cc21. The normalized spacial score (nSPS) is 13.1. The lowest BCUT2D eigenvalue weighted by Crippen LogP contribution is -2.14. The van der Waals surface area contributed by atoms with E-state index in [2.05, 4.69) is 172 Å². The Morgan fingerprint density at radius 1 is 0.302 bits per heavy atom. The van der Waals surface area contributed by atoms with Gasteiger partial charge in [0.15, 0.2) is 0 Å². The Kier molecular flexibility index (Phi) is 5.91. The maximum atomic E-state index is 2.39. The molecule has 1 aliphatic carbocycles. The summed E-state index contributed by atoms with van der Waals surface area (Å²) in [6.07, 6.45) is 0. The maximum Gasteiger partial charge on any atom is 0.0159 e. The molecule has 0 atom stereocenters. The summed E-state index contributed by atoms with van der Waals surface area (Å²) >= 11 is 0. The molecule has 0 saturated carbocycles. The highest BCUT2D eigenvalue weighted by Gasteiger charge is 2.35. The molecule has 0 unspecified atom stereocenters. The van der Waals surface area contributed by atoms with E-state index >= 15 is 0 Å². The first-order valence-corrected chi connectivity index (χ1v) is 15.1. The number of fused-ring (bicyclic) bond motifs is 4. The molecule has 0 heterocycles. The predicted octanol–water partition coefficient (Wildman–Crippen LogP) is 11.8. The third-order valence-corrected chi connectivity index (χ3v) is 9.30. The van der Waals surface area contributed by atoms with Crippen molar-refractivity contribution in [1.29, 1.82) is 0 Å². The van der Waals surface area contributed by atoms with Crippen LogP contribution in [0.2, 0.25) is 0 Å². The van der Waals surface area contributed by atoms with Crippen LogP contribution in [-0.4, -0.2) is 0 Å². The second kappa shape index (κ2) is 9.96. The van der Waals surface area contributed by atoms with E-state index < -0.39 is 0 Å². The highest BCUT2D eigenvalue weighted by atomic mass is 14.4. The van der Waals surface area contributed by atoms with Crippen molar-refractivity contribution in [1.82, 2.24) is 0 Å². The van der Waals surface area contributed by atoms with Crippen molar-refractivity contribution < 1.29 is 0 Å². The summed E-state index contributed by atoms with van der Waals surface area (Å²) in [5.41, 5.74) is 15.5. The zero-order valence-corrected chi connectivity index (χ0v) is 24.5. The average molecular weight is 549 g/mol. The van der Waals surface area contributed by atoms with Gasteiger partial charge >= 0.3 is 0 Å². The van der Waals surface area contributed by atoms with Crippen LogP contribution in [0.3, 0.4) is 0 Å². The lowest BCUT2D eigenvalue weighted by atomic mass is 9.81. The van der Waals surface area contributed by atoms with Gasteiger partial charge in [0.25, 0.3) is 0 Å². The first-order chi connectivity index (χ1) is 21.0. The second-order valence-electron chi connectivity index (χ2n) is 12.2. The minimum atomic E-state index is 0.0137. The third-order valence-electron chi connectivity index (χ3n) is 9.30. The van der Waals surface area contributed by atoms with Crippen LogP contribution in [0.15, 0.2) is 158 Å². The number of hydrogen-bond acceptors (Lipinski definition) is 0. The van der Waals surface area contributed by atoms with Crippen LogP contribution < -0.4 is 0 Å². The Balaban J connectivity index is 1.03. The molecule has 0 nitrogen and oxygen atoms in total. The molecule has 0 saturated heterocycles. The maximum absolute atomic E-state index is 2.39. The summed E-state index contributed by atoms with van der Waals surface area (Å²) < 4.78 is 0. The molecule has 7 aromatic rings. The van der Waals surface area contributed by atoms with Gasteiger partial charge in [0.05, 0.1) is 0 Å². The molecule has 0 N–H and O–H groups in total. The molecule has 0 amide bonds. The van der Waals surface area contributed by atoms with Gasteiger partial charge in [0.2, 0.25) is 0 Å². The van der Waals surface area contributed by atoms with Crippen LogP contribution in [0.5, 0.6) is 0 Å². The molecule has 0 aliphatic heterocycles. The van der Waals surface area contributed by atoms with E-state index in [4.69, 9.17) is 0 Å². The smallest absolute Gasteiger partial charge is 0.0159 e. The molecule has 0 spiro atoms. The van der Waals surface area contributed by atoms with Gasteiger partial charge in [-0.15, -0.1) is 0 Å². The first-order valence-electron chi connectivity index (χ1n) is 15.1. The van der Waals surface area contributed by atoms with Gasteiger partial charge in [-0.2, -0.15) is 0 Å². The van der Waals surface area contributed by atoms with Crippen molar-refractivity contribution >= 4 is 10.8 Å². The van der Waals surface area contributed by atoms with Crippen molar-refractivity contribution in [2.24, 2.45) is 0 Å². The largest absolute Gasteiger partial charge is 0.0622 e. The lowest BCUT2D eigenvalue weighted by Gasteiger charge is -2.22. The molecule has 0 aromatic heterocycles. The van der Waals surface area contributed by atoms with E-state index in [0.29, 0.717) is 0 Å². The van der Waals surface area contributed by atoms with Crippen LogP contribution in [0.1, 0.15) is 25.0 Å². The highest BCUT2D eigenvalue weighted by Crippen LogP contribution is 2.49. The minimum Gasteiger partial charge on any atom is -0.0622 e. The number of hydrogen-bond donors (Lipinski definition) is 0. The molecule has 0 heteroatoms. The zero-order chi connectivity index (χ0) is 29.0. The molecular weight excluding hydrogens is 516 g/mol. The standard InChI is InChI=1S/C43H32/c1-43(2)41-11-7-6-10-39(41)40-25-24-38(28-42(40)43)33-18-14-31(15-19-33)30-12-16-32(17-13-30)35-21-23-36-26-34(20-22-37(36)27-35)29-8-4-3-5-9-29/h3-28H,1-2H3. The van der Waals surface area contributed by atoms with Gasteiger partial charge in [0.1, 0.15) is 0 Å². The Labute approximate surface area is 253 Å². The number of rotatable bonds is 4. The predicted molar refractivity (Wildman–Crippen MR) is 183 cm³/mol. The Morgan fingerprint density at radius 2 is 0.698 bits per heavy atom. The number of benzene rings is 7. The summed E-state index contributed by atoms with van der Waals surface area (Å²) in [5, 5.41) is 2.52. The molecule has 8 rings (SSSR count). The summed E-state index contributed by atoms with van der Waals surface area (Å²) in [4.78, 5) is 0. The summed E-state index contributed by atoms with van der Waals surface area (Å²) in [5.74, 6) is 0.